The largest absolute Gasteiger partial charge is 0.388 e. The van der Waals surface area contributed by atoms with E-state index in [1.54, 1.807) is 14.1 Å². The number of ether oxygens (including phenoxy) is 1. The van der Waals surface area contributed by atoms with Crippen molar-refractivity contribution in [1.82, 2.24) is 10.6 Å². The number of aliphatic hydroxyl groups is 2. The number of likely N-dealkylation sites (N-methyl/N-ethyl adjacent to an activating group) is 1. The highest BCUT2D eigenvalue weighted by Crippen LogP contribution is 2.35. The Bertz CT molecular complexity index is 289. The fourth-order valence-electron chi connectivity index (χ4n) is 1.92. The average molecular weight is 247 g/mol. The number of hydrogen-bond acceptors (Lipinski definition) is 7. The summed E-state index contributed by atoms with van der Waals surface area (Å²) in [6.07, 6.45) is -2.15. The third-order valence-corrected chi connectivity index (χ3v) is 3.94. The molecular formula is C9H17N3O3S. The Kier molecular flexibility index (Phi) is 3.70. The Labute approximate surface area is 98.5 Å². The molecular weight excluding hydrogens is 230 g/mol. The second-order valence-corrected chi connectivity index (χ2v) is 4.96. The summed E-state index contributed by atoms with van der Waals surface area (Å²) < 4.78 is 5.70. The van der Waals surface area contributed by atoms with Crippen LogP contribution in [0.15, 0.2) is 4.99 Å². The summed E-state index contributed by atoms with van der Waals surface area (Å²) in [6, 6.07) is -0.379. The molecule has 2 heterocycles. The predicted molar refractivity (Wildman–Crippen MR) is 62.5 cm³/mol. The van der Waals surface area contributed by atoms with E-state index in [0.717, 1.165) is 5.17 Å². The molecule has 2 aliphatic heterocycles. The first kappa shape index (κ1) is 12.1. The van der Waals surface area contributed by atoms with Gasteiger partial charge in [0.25, 0.3) is 0 Å². The number of amidine groups is 1. The van der Waals surface area contributed by atoms with Gasteiger partial charge in [0.2, 0.25) is 0 Å². The SMILES string of the molecule is CNC[C@H]1O[C@@H]2SC(NC)=N[C@@H]2[C@@H](O)[C@@H]1O. The summed E-state index contributed by atoms with van der Waals surface area (Å²) in [5, 5.41) is 26.4. The Morgan fingerprint density at radius 2 is 2.12 bits per heavy atom. The molecule has 7 heteroatoms. The standard InChI is InChI=1S/C9H17N3O3S/c1-10-3-4-6(13)7(14)5-8(15-4)16-9(11-2)12-5/h4-8,10,13-14H,3H2,1-2H3,(H,11,12)/t4-,5-,6-,7-,8-/m1/s1. The van der Waals surface area contributed by atoms with Crippen LogP contribution in [0.25, 0.3) is 0 Å². The van der Waals surface area contributed by atoms with Crippen molar-refractivity contribution in [3.05, 3.63) is 0 Å². The highest BCUT2D eigenvalue weighted by atomic mass is 32.2. The number of fused-ring (bicyclic) bond motifs is 1. The average Bonchev–Trinajstić information content (AvgIpc) is 2.69. The van der Waals surface area contributed by atoms with Crippen LogP contribution in [0.5, 0.6) is 0 Å². The maximum absolute atomic E-state index is 9.95. The Morgan fingerprint density at radius 3 is 2.75 bits per heavy atom. The summed E-state index contributed by atoms with van der Waals surface area (Å²) >= 11 is 1.45. The third kappa shape index (κ3) is 2.05. The van der Waals surface area contributed by atoms with Crippen molar-refractivity contribution in [2.24, 2.45) is 4.99 Å². The van der Waals surface area contributed by atoms with E-state index in [2.05, 4.69) is 15.6 Å². The zero-order valence-electron chi connectivity index (χ0n) is 9.25. The number of nitrogens with zero attached hydrogens (tertiary/aromatic N) is 1. The zero-order chi connectivity index (χ0) is 11.7. The summed E-state index contributed by atoms with van der Waals surface area (Å²) in [6.45, 7) is 0.511. The number of aliphatic imine (C=N–C) groups is 1. The van der Waals surface area contributed by atoms with Crippen LogP contribution in [-0.4, -0.2) is 65.8 Å². The lowest BCUT2D eigenvalue weighted by Crippen LogP contribution is -2.57. The summed E-state index contributed by atoms with van der Waals surface area (Å²) in [7, 11) is 3.56. The summed E-state index contributed by atoms with van der Waals surface area (Å²) in [5.41, 5.74) is -0.209. The second-order valence-electron chi connectivity index (χ2n) is 3.87. The monoisotopic (exact) mass is 247 g/mol. The fourth-order valence-corrected chi connectivity index (χ4v) is 3.00. The molecule has 2 aliphatic rings. The molecule has 1 fully saturated rings. The molecule has 0 amide bonds. The molecule has 16 heavy (non-hydrogen) atoms. The van der Waals surface area contributed by atoms with Gasteiger partial charge in [0.15, 0.2) is 5.17 Å². The number of hydrogen-bond donors (Lipinski definition) is 4. The Hall–Kier alpha value is -0.340. The number of nitrogens with one attached hydrogen (secondary N) is 2. The molecule has 0 spiro atoms. The van der Waals surface area contributed by atoms with Gasteiger partial charge < -0.3 is 25.6 Å². The highest BCUT2D eigenvalue weighted by molar-refractivity contribution is 8.14. The fraction of sp³-hybridized carbons (Fsp3) is 0.889. The topological polar surface area (TPSA) is 86.1 Å². The van der Waals surface area contributed by atoms with E-state index in [1.165, 1.54) is 11.8 Å². The maximum atomic E-state index is 9.95. The smallest absolute Gasteiger partial charge is 0.159 e. The van der Waals surface area contributed by atoms with Crippen LogP contribution in [0.2, 0.25) is 0 Å². The van der Waals surface area contributed by atoms with E-state index in [-0.39, 0.29) is 17.6 Å². The van der Waals surface area contributed by atoms with Gasteiger partial charge in [-0.3, -0.25) is 4.99 Å². The maximum Gasteiger partial charge on any atom is 0.159 e. The normalized spacial score (nSPS) is 42.8. The molecule has 0 aliphatic carbocycles. The minimum Gasteiger partial charge on any atom is -0.388 e. The van der Waals surface area contributed by atoms with Crippen molar-refractivity contribution in [3.8, 4) is 0 Å². The van der Waals surface area contributed by atoms with Gasteiger partial charge in [-0.1, -0.05) is 11.8 Å². The van der Waals surface area contributed by atoms with Crippen LogP contribution in [0.4, 0.5) is 0 Å². The first-order chi connectivity index (χ1) is 7.67. The van der Waals surface area contributed by atoms with E-state index < -0.39 is 12.2 Å². The number of aliphatic hydroxyl groups excluding tert-OH is 2. The molecule has 0 bridgehead atoms. The number of thioether (sulfide) groups is 1. The molecule has 0 unspecified atom stereocenters. The van der Waals surface area contributed by atoms with Crippen molar-refractivity contribution in [1.29, 1.82) is 0 Å². The molecule has 0 saturated carbocycles. The van der Waals surface area contributed by atoms with E-state index >= 15 is 0 Å². The lowest BCUT2D eigenvalue weighted by atomic mass is 9.98. The third-order valence-electron chi connectivity index (χ3n) is 2.78. The van der Waals surface area contributed by atoms with Crippen LogP contribution in [0, 0.1) is 0 Å². The van der Waals surface area contributed by atoms with E-state index in [0.29, 0.717) is 6.54 Å². The van der Waals surface area contributed by atoms with Crippen molar-refractivity contribution < 1.29 is 14.9 Å². The van der Waals surface area contributed by atoms with E-state index in [4.69, 9.17) is 4.74 Å². The minimum atomic E-state index is -0.894. The van der Waals surface area contributed by atoms with Gasteiger partial charge in [-0.05, 0) is 7.05 Å². The Morgan fingerprint density at radius 1 is 1.38 bits per heavy atom. The van der Waals surface area contributed by atoms with Gasteiger partial charge in [-0.15, -0.1) is 0 Å². The molecule has 1 saturated heterocycles. The van der Waals surface area contributed by atoms with Crippen LogP contribution in [0.3, 0.4) is 0 Å². The number of rotatable bonds is 2. The van der Waals surface area contributed by atoms with Gasteiger partial charge in [0, 0.05) is 13.6 Å². The quantitative estimate of drug-likeness (QED) is 0.467. The van der Waals surface area contributed by atoms with Gasteiger partial charge in [-0.2, -0.15) is 0 Å². The lowest BCUT2D eigenvalue weighted by molar-refractivity contribution is -0.150. The first-order valence-electron chi connectivity index (χ1n) is 5.25. The van der Waals surface area contributed by atoms with Crippen molar-refractivity contribution in [2.45, 2.75) is 29.8 Å². The van der Waals surface area contributed by atoms with Crippen molar-refractivity contribution >= 4 is 16.9 Å². The molecule has 92 valence electrons. The molecule has 0 aromatic heterocycles. The van der Waals surface area contributed by atoms with Gasteiger partial charge in [-0.25, -0.2) is 0 Å². The van der Waals surface area contributed by atoms with E-state index in [9.17, 15) is 10.2 Å². The van der Waals surface area contributed by atoms with Crippen LogP contribution < -0.4 is 10.6 Å². The molecule has 5 atom stereocenters. The van der Waals surface area contributed by atoms with Crippen molar-refractivity contribution in [2.75, 3.05) is 20.6 Å². The van der Waals surface area contributed by atoms with Crippen LogP contribution in [0.1, 0.15) is 0 Å². The van der Waals surface area contributed by atoms with Gasteiger partial charge >= 0.3 is 0 Å². The molecule has 0 radical (unpaired) electrons. The van der Waals surface area contributed by atoms with Crippen LogP contribution in [-0.2, 0) is 4.74 Å². The molecule has 4 N–H and O–H groups in total. The molecule has 6 nitrogen and oxygen atoms in total. The summed E-state index contributed by atoms with van der Waals surface area (Å²) in [5.74, 6) is 0. The summed E-state index contributed by atoms with van der Waals surface area (Å²) in [4.78, 5) is 4.27. The minimum absolute atomic E-state index is 0.209. The first-order valence-corrected chi connectivity index (χ1v) is 6.13. The van der Waals surface area contributed by atoms with E-state index in [1.807, 2.05) is 0 Å². The second kappa shape index (κ2) is 4.89. The lowest BCUT2D eigenvalue weighted by Gasteiger charge is -2.38. The molecule has 0 aromatic carbocycles. The Balaban J connectivity index is 2.08. The van der Waals surface area contributed by atoms with Gasteiger partial charge in [0.05, 0.1) is 0 Å². The molecule has 2 rings (SSSR count). The van der Waals surface area contributed by atoms with Crippen molar-refractivity contribution in [3.63, 3.8) is 0 Å². The van der Waals surface area contributed by atoms with Crippen LogP contribution >= 0.6 is 11.8 Å². The zero-order valence-corrected chi connectivity index (χ0v) is 10.1. The molecule has 0 aromatic rings. The predicted octanol–water partition coefficient (Wildman–Crippen LogP) is -1.66. The van der Waals surface area contributed by atoms with Gasteiger partial charge in [0.1, 0.15) is 29.8 Å². The highest BCUT2D eigenvalue weighted by Gasteiger charge is 2.47.